The van der Waals surface area contributed by atoms with E-state index in [2.05, 4.69) is 27.6 Å². The van der Waals surface area contributed by atoms with E-state index < -0.39 is 0 Å². The van der Waals surface area contributed by atoms with Crippen molar-refractivity contribution in [1.82, 2.24) is 5.43 Å². The monoisotopic (exact) mass is 335 g/mol. The molecule has 2 N–H and O–H groups in total. The van der Waals surface area contributed by atoms with Gasteiger partial charge in [-0.05, 0) is 43.4 Å². The molecule has 0 radical (unpaired) electrons. The summed E-state index contributed by atoms with van der Waals surface area (Å²) in [6.45, 7) is 1.19. The number of carbonyl (C=O) groups is 1. The third-order valence-corrected chi connectivity index (χ3v) is 4.93. The number of hydrazone groups is 1. The van der Waals surface area contributed by atoms with Gasteiger partial charge in [-0.3, -0.25) is 4.79 Å². The number of anilines is 1. The molecule has 2 aromatic rings. The van der Waals surface area contributed by atoms with Gasteiger partial charge in [0, 0.05) is 23.4 Å². The Hall–Kier alpha value is -2.82. The maximum atomic E-state index is 12.3. The van der Waals surface area contributed by atoms with E-state index in [0.717, 1.165) is 54.8 Å². The first-order chi connectivity index (χ1) is 12.2. The first-order valence-electron chi connectivity index (χ1n) is 8.72. The molecule has 1 amide bonds. The number of fused-ring (bicyclic) bond motifs is 2. The summed E-state index contributed by atoms with van der Waals surface area (Å²) in [5.74, 6) is 0.191. The lowest BCUT2D eigenvalue weighted by molar-refractivity contribution is -0.119. The number of hydrogen-bond acceptors (Lipinski definition) is 4. The van der Waals surface area contributed by atoms with Crippen LogP contribution >= 0.6 is 0 Å². The normalized spacial score (nSPS) is 17.3. The fourth-order valence-electron chi connectivity index (χ4n) is 3.72. The summed E-state index contributed by atoms with van der Waals surface area (Å²) >= 11 is 0. The summed E-state index contributed by atoms with van der Waals surface area (Å²) in [5, 5.41) is 14.2. The van der Waals surface area contributed by atoms with Crippen LogP contribution in [0.3, 0.4) is 0 Å². The van der Waals surface area contributed by atoms with E-state index in [1.54, 1.807) is 6.07 Å². The van der Waals surface area contributed by atoms with E-state index in [0.29, 0.717) is 12.3 Å². The molecule has 1 aliphatic heterocycles. The third-order valence-electron chi connectivity index (χ3n) is 4.93. The predicted molar refractivity (Wildman–Crippen MR) is 98.1 cm³/mol. The Labute approximate surface area is 147 Å². The highest BCUT2D eigenvalue weighted by atomic mass is 16.3. The Morgan fingerprint density at radius 2 is 2.00 bits per heavy atom. The standard InChI is InChI=1S/C20H21N3O2/c24-19-9-3-7-15-16(19)10-11-17(15)21-22-20(25)13-23-12-4-6-14-5-1-2-8-18(14)23/h1-3,5,7-9,24H,4,6,10-13H2,(H,22,25)/b21-17+. The summed E-state index contributed by atoms with van der Waals surface area (Å²) in [4.78, 5) is 14.5. The Kier molecular flexibility index (Phi) is 4.14. The second kappa shape index (κ2) is 6.59. The molecule has 4 rings (SSSR count). The van der Waals surface area contributed by atoms with Crippen molar-refractivity contribution in [2.75, 3.05) is 18.0 Å². The molecule has 5 heteroatoms. The zero-order chi connectivity index (χ0) is 17.2. The maximum Gasteiger partial charge on any atom is 0.259 e. The number of phenolic OH excluding ortho intramolecular Hbond substituents is 1. The van der Waals surface area contributed by atoms with Gasteiger partial charge in [0.2, 0.25) is 0 Å². The van der Waals surface area contributed by atoms with Crippen molar-refractivity contribution in [3.63, 3.8) is 0 Å². The van der Waals surface area contributed by atoms with E-state index in [9.17, 15) is 9.90 Å². The van der Waals surface area contributed by atoms with Crippen LogP contribution in [-0.4, -0.2) is 29.8 Å². The fourth-order valence-corrected chi connectivity index (χ4v) is 3.72. The highest BCUT2D eigenvalue weighted by Crippen LogP contribution is 2.30. The van der Waals surface area contributed by atoms with E-state index >= 15 is 0 Å². The van der Waals surface area contributed by atoms with Crippen LogP contribution in [0.25, 0.3) is 0 Å². The van der Waals surface area contributed by atoms with E-state index in [4.69, 9.17) is 0 Å². The van der Waals surface area contributed by atoms with Crippen LogP contribution in [0, 0.1) is 0 Å². The zero-order valence-electron chi connectivity index (χ0n) is 14.0. The molecule has 1 heterocycles. The lowest BCUT2D eigenvalue weighted by Gasteiger charge is -2.30. The van der Waals surface area contributed by atoms with Crippen LogP contribution in [0.5, 0.6) is 5.75 Å². The molecule has 1 aliphatic carbocycles. The summed E-state index contributed by atoms with van der Waals surface area (Å²) in [5.41, 5.74) is 7.82. The highest BCUT2D eigenvalue weighted by Gasteiger charge is 2.22. The number of nitrogens with one attached hydrogen (secondary N) is 1. The second-order valence-electron chi connectivity index (χ2n) is 6.55. The Morgan fingerprint density at radius 1 is 1.12 bits per heavy atom. The molecule has 0 aromatic heterocycles. The topological polar surface area (TPSA) is 64.9 Å². The Bertz CT molecular complexity index is 845. The van der Waals surface area contributed by atoms with Crippen LogP contribution in [0.4, 0.5) is 5.69 Å². The second-order valence-corrected chi connectivity index (χ2v) is 6.55. The Balaban J connectivity index is 1.44. The number of aromatic hydroxyl groups is 1. The zero-order valence-corrected chi connectivity index (χ0v) is 14.0. The summed E-state index contributed by atoms with van der Waals surface area (Å²) in [6.07, 6.45) is 3.62. The van der Waals surface area contributed by atoms with Gasteiger partial charge >= 0.3 is 0 Å². The van der Waals surface area contributed by atoms with Gasteiger partial charge in [-0.15, -0.1) is 0 Å². The van der Waals surface area contributed by atoms with Crippen molar-refractivity contribution >= 4 is 17.3 Å². The van der Waals surface area contributed by atoms with Crippen LogP contribution in [-0.2, 0) is 17.6 Å². The van der Waals surface area contributed by atoms with Gasteiger partial charge in [-0.25, -0.2) is 5.43 Å². The van der Waals surface area contributed by atoms with E-state index in [-0.39, 0.29) is 5.91 Å². The first-order valence-corrected chi connectivity index (χ1v) is 8.72. The smallest absolute Gasteiger partial charge is 0.259 e. The first kappa shape index (κ1) is 15.7. The van der Waals surface area contributed by atoms with Crippen molar-refractivity contribution in [2.45, 2.75) is 25.7 Å². The number of para-hydroxylation sites is 1. The molecule has 128 valence electrons. The number of benzene rings is 2. The minimum atomic E-state index is -0.113. The molecule has 0 unspecified atom stereocenters. The van der Waals surface area contributed by atoms with Crippen molar-refractivity contribution in [3.05, 3.63) is 59.2 Å². The van der Waals surface area contributed by atoms with Crippen LogP contribution < -0.4 is 10.3 Å². The van der Waals surface area contributed by atoms with Crippen LogP contribution in [0.2, 0.25) is 0 Å². The van der Waals surface area contributed by atoms with Crippen LogP contribution in [0.15, 0.2) is 47.6 Å². The molecular formula is C20H21N3O2. The maximum absolute atomic E-state index is 12.3. The molecule has 0 bridgehead atoms. The third kappa shape index (κ3) is 3.09. The summed E-state index contributed by atoms with van der Waals surface area (Å²) in [7, 11) is 0. The van der Waals surface area contributed by atoms with Gasteiger partial charge in [0.15, 0.2) is 0 Å². The molecule has 2 aliphatic rings. The predicted octanol–water partition coefficient (Wildman–Crippen LogP) is 2.61. The number of rotatable bonds is 3. The van der Waals surface area contributed by atoms with Crippen molar-refractivity contribution in [3.8, 4) is 5.75 Å². The van der Waals surface area contributed by atoms with Gasteiger partial charge < -0.3 is 10.0 Å². The molecule has 5 nitrogen and oxygen atoms in total. The number of nitrogens with zero attached hydrogens (tertiary/aromatic N) is 2. The van der Waals surface area contributed by atoms with E-state index in [1.807, 2.05) is 24.3 Å². The summed E-state index contributed by atoms with van der Waals surface area (Å²) < 4.78 is 0. The summed E-state index contributed by atoms with van der Waals surface area (Å²) in [6, 6.07) is 13.7. The van der Waals surface area contributed by atoms with Gasteiger partial charge in [0.25, 0.3) is 5.91 Å². The van der Waals surface area contributed by atoms with Crippen LogP contribution in [0.1, 0.15) is 29.5 Å². The molecule has 0 spiro atoms. The number of carbonyl (C=O) groups excluding carboxylic acids is 1. The van der Waals surface area contributed by atoms with Gasteiger partial charge in [0.1, 0.15) is 5.75 Å². The largest absolute Gasteiger partial charge is 0.508 e. The Morgan fingerprint density at radius 3 is 2.92 bits per heavy atom. The van der Waals surface area contributed by atoms with Crippen molar-refractivity contribution in [2.24, 2.45) is 5.10 Å². The van der Waals surface area contributed by atoms with Crippen molar-refractivity contribution < 1.29 is 9.90 Å². The number of aryl methyl sites for hydroxylation is 1. The lowest BCUT2D eigenvalue weighted by Crippen LogP contribution is -2.38. The number of hydrogen-bond donors (Lipinski definition) is 2. The van der Waals surface area contributed by atoms with Gasteiger partial charge in [0.05, 0.1) is 12.3 Å². The molecular weight excluding hydrogens is 314 g/mol. The number of amides is 1. The quantitative estimate of drug-likeness (QED) is 0.848. The SMILES string of the molecule is O=C(CN1CCCc2ccccc21)N/N=C1\CCc2c(O)cccc21. The fraction of sp³-hybridized carbons (Fsp3) is 0.300. The average molecular weight is 335 g/mol. The van der Waals surface area contributed by atoms with Gasteiger partial charge in [-0.1, -0.05) is 30.3 Å². The minimum Gasteiger partial charge on any atom is -0.508 e. The van der Waals surface area contributed by atoms with E-state index in [1.165, 1.54) is 5.56 Å². The number of phenols is 1. The molecule has 2 aromatic carbocycles. The van der Waals surface area contributed by atoms with Gasteiger partial charge in [-0.2, -0.15) is 5.10 Å². The molecule has 25 heavy (non-hydrogen) atoms. The average Bonchev–Trinajstić information content (AvgIpc) is 3.05. The molecule has 0 atom stereocenters. The molecule has 0 saturated carbocycles. The minimum absolute atomic E-state index is 0.113. The molecule has 0 saturated heterocycles. The molecule has 0 fully saturated rings. The highest BCUT2D eigenvalue weighted by molar-refractivity contribution is 6.05. The van der Waals surface area contributed by atoms with Crippen molar-refractivity contribution in [1.29, 1.82) is 0 Å². The lowest BCUT2D eigenvalue weighted by atomic mass is 10.0.